The van der Waals surface area contributed by atoms with Crippen molar-refractivity contribution in [3.63, 3.8) is 0 Å². The molecule has 0 radical (unpaired) electrons. The highest BCUT2D eigenvalue weighted by Gasteiger charge is 2.29. The van der Waals surface area contributed by atoms with Crippen molar-refractivity contribution in [1.82, 2.24) is 9.80 Å². The van der Waals surface area contributed by atoms with E-state index in [1.165, 1.54) is 51.9 Å². The van der Waals surface area contributed by atoms with Crippen LogP contribution in [0.4, 0.5) is 0 Å². The van der Waals surface area contributed by atoms with E-state index >= 15 is 0 Å². The van der Waals surface area contributed by atoms with Gasteiger partial charge in [-0.2, -0.15) is 0 Å². The molecule has 94 valence electrons. The van der Waals surface area contributed by atoms with Crippen molar-refractivity contribution in [2.75, 3.05) is 32.7 Å². The average Bonchev–Trinajstić information content (AvgIpc) is 2.55. The van der Waals surface area contributed by atoms with Crippen LogP contribution >= 0.6 is 0 Å². The second-order valence-electron chi connectivity index (χ2n) is 5.24. The number of likely N-dealkylation sites (N-methyl/N-ethyl adjacent to an activating group) is 1. The molecule has 1 saturated heterocycles. The van der Waals surface area contributed by atoms with Crippen LogP contribution in [0.25, 0.3) is 0 Å². The maximum absolute atomic E-state index is 10.1. The Kier molecular flexibility index (Phi) is 4.62. The summed E-state index contributed by atoms with van der Waals surface area (Å²) in [7, 11) is 0. The van der Waals surface area contributed by atoms with E-state index in [2.05, 4.69) is 16.7 Å². The van der Waals surface area contributed by atoms with Crippen LogP contribution in [0.5, 0.6) is 0 Å². The van der Waals surface area contributed by atoms with E-state index in [0.29, 0.717) is 6.04 Å². The second kappa shape index (κ2) is 5.99. The van der Waals surface area contributed by atoms with Crippen molar-refractivity contribution in [1.29, 1.82) is 0 Å². The summed E-state index contributed by atoms with van der Waals surface area (Å²) in [6.45, 7) is 8.15. The number of aliphatic hydroxyl groups is 1. The smallest absolute Gasteiger partial charge is 0.0695 e. The molecule has 0 bridgehead atoms. The molecule has 1 aliphatic heterocycles. The Hall–Kier alpha value is -0.120. The Bertz CT molecular complexity index is 210. The highest BCUT2D eigenvalue weighted by atomic mass is 16.3. The fourth-order valence-corrected chi connectivity index (χ4v) is 3.16. The minimum Gasteiger partial charge on any atom is -0.391 e. The fourth-order valence-electron chi connectivity index (χ4n) is 3.16. The fraction of sp³-hybridized carbons (Fsp3) is 1.00. The van der Waals surface area contributed by atoms with E-state index in [1.807, 2.05) is 0 Å². The zero-order chi connectivity index (χ0) is 11.4. The summed E-state index contributed by atoms with van der Waals surface area (Å²) < 4.78 is 0. The molecule has 3 nitrogen and oxygen atoms in total. The van der Waals surface area contributed by atoms with Crippen LogP contribution < -0.4 is 0 Å². The van der Waals surface area contributed by atoms with E-state index in [9.17, 15) is 5.11 Å². The van der Waals surface area contributed by atoms with E-state index < -0.39 is 0 Å². The van der Waals surface area contributed by atoms with Crippen LogP contribution in [0, 0.1) is 0 Å². The molecule has 1 aliphatic carbocycles. The number of hydrogen-bond acceptors (Lipinski definition) is 3. The van der Waals surface area contributed by atoms with Gasteiger partial charge in [0.05, 0.1) is 6.10 Å². The van der Waals surface area contributed by atoms with Gasteiger partial charge in [-0.1, -0.05) is 19.8 Å². The van der Waals surface area contributed by atoms with Crippen molar-refractivity contribution in [2.45, 2.75) is 51.2 Å². The lowest BCUT2D eigenvalue weighted by Gasteiger charge is -2.37. The Labute approximate surface area is 99.4 Å². The van der Waals surface area contributed by atoms with E-state index in [4.69, 9.17) is 0 Å². The van der Waals surface area contributed by atoms with Gasteiger partial charge in [-0.3, -0.25) is 4.90 Å². The SMILES string of the molecule is CCN1CCCN(C2CCCCC2O)CC1. The minimum absolute atomic E-state index is 0.0677. The normalized spacial score (nSPS) is 34.9. The first-order valence-corrected chi connectivity index (χ1v) is 6.95. The zero-order valence-corrected chi connectivity index (χ0v) is 10.6. The molecule has 2 atom stereocenters. The average molecular weight is 226 g/mol. The van der Waals surface area contributed by atoms with Crippen molar-refractivity contribution in [3.8, 4) is 0 Å². The van der Waals surface area contributed by atoms with Gasteiger partial charge in [0.25, 0.3) is 0 Å². The molecule has 2 unspecified atom stereocenters. The number of nitrogens with zero attached hydrogens (tertiary/aromatic N) is 2. The van der Waals surface area contributed by atoms with Gasteiger partial charge >= 0.3 is 0 Å². The molecule has 1 N–H and O–H groups in total. The van der Waals surface area contributed by atoms with Crippen molar-refractivity contribution in [3.05, 3.63) is 0 Å². The molecule has 0 aromatic carbocycles. The van der Waals surface area contributed by atoms with Gasteiger partial charge < -0.3 is 10.0 Å². The molecule has 0 amide bonds. The van der Waals surface area contributed by atoms with Crippen LogP contribution in [-0.4, -0.2) is 59.8 Å². The summed E-state index contributed by atoms with van der Waals surface area (Å²) in [6.07, 6.45) is 5.92. The van der Waals surface area contributed by atoms with Gasteiger partial charge in [-0.15, -0.1) is 0 Å². The molecule has 2 aliphatic rings. The van der Waals surface area contributed by atoms with Gasteiger partial charge in [-0.25, -0.2) is 0 Å². The van der Waals surface area contributed by atoms with E-state index in [0.717, 1.165) is 13.0 Å². The van der Waals surface area contributed by atoms with Crippen LogP contribution in [0.1, 0.15) is 39.0 Å². The van der Waals surface area contributed by atoms with Crippen molar-refractivity contribution < 1.29 is 5.11 Å². The van der Waals surface area contributed by atoms with Gasteiger partial charge in [0, 0.05) is 19.1 Å². The molecular weight excluding hydrogens is 200 g/mol. The zero-order valence-electron chi connectivity index (χ0n) is 10.6. The molecule has 3 heteroatoms. The van der Waals surface area contributed by atoms with Crippen LogP contribution in [0.3, 0.4) is 0 Å². The van der Waals surface area contributed by atoms with E-state index in [1.54, 1.807) is 0 Å². The molecule has 1 heterocycles. The molecule has 2 fully saturated rings. The predicted octanol–water partition coefficient (Wildman–Crippen LogP) is 1.32. The molecule has 2 rings (SSSR count). The predicted molar refractivity (Wildman–Crippen MR) is 66.6 cm³/mol. The first kappa shape index (κ1) is 12.3. The second-order valence-corrected chi connectivity index (χ2v) is 5.24. The number of hydrogen-bond donors (Lipinski definition) is 1. The summed E-state index contributed by atoms with van der Waals surface area (Å²) in [5.41, 5.74) is 0. The molecule has 0 aromatic rings. The summed E-state index contributed by atoms with van der Waals surface area (Å²) in [4.78, 5) is 5.06. The first-order chi connectivity index (χ1) is 7.81. The van der Waals surface area contributed by atoms with Crippen molar-refractivity contribution >= 4 is 0 Å². The summed E-state index contributed by atoms with van der Waals surface area (Å²) in [6, 6.07) is 0.450. The highest BCUT2D eigenvalue weighted by Crippen LogP contribution is 2.24. The monoisotopic (exact) mass is 226 g/mol. The quantitative estimate of drug-likeness (QED) is 0.769. The Morgan fingerprint density at radius 2 is 1.81 bits per heavy atom. The Balaban J connectivity index is 1.88. The lowest BCUT2D eigenvalue weighted by molar-refractivity contribution is 0.0216. The van der Waals surface area contributed by atoms with Gasteiger partial charge in [0.2, 0.25) is 0 Å². The lowest BCUT2D eigenvalue weighted by atomic mass is 9.91. The molecule has 16 heavy (non-hydrogen) atoms. The van der Waals surface area contributed by atoms with Gasteiger partial charge in [0.1, 0.15) is 0 Å². The van der Waals surface area contributed by atoms with E-state index in [-0.39, 0.29) is 6.10 Å². The Morgan fingerprint density at radius 3 is 2.56 bits per heavy atom. The van der Waals surface area contributed by atoms with Crippen LogP contribution in [0.2, 0.25) is 0 Å². The topological polar surface area (TPSA) is 26.7 Å². The standard InChI is InChI=1S/C13H26N2O/c1-2-14-8-5-9-15(11-10-14)12-6-3-4-7-13(12)16/h12-13,16H,2-11H2,1H3. The largest absolute Gasteiger partial charge is 0.391 e. The third kappa shape index (κ3) is 2.96. The number of rotatable bonds is 2. The lowest BCUT2D eigenvalue weighted by Crippen LogP contribution is -2.46. The molecule has 0 spiro atoms. The maximum atomic E-state index is 10.1. The number of aliphatic hydroxyl groups excluding tert-OH is 1. The highest BCUT2D eigenvalue weighted by molar-refractivity contribution is 4.84. The van der Waals surface area contributed by atoms with Crippen LogP contribution in [-0.2, 0) is 0 Å². The molecule has 0 aromatic heterocycles. The first-order valence-electron chi connectivity index (χ1n) is 6.95. The summed E-state index contributed by atoms with van der Waals surface area (Å²) in [5.74, 6) is 0. The van der Waals surface area contributed by atoms with Gasteiger partial charge in [-0.05, 0) is 38.9 Å². The van der Waals surface area contributed by atoms with Gasteiger partial charge in [0.15, 0.2) is 0 Å². The third-order valence-corrected chi connectivity index (χ3v) is 4.23. The molecule has 1 saturated carbocycles. The Morgan fingerprint density at radius 1 is 1.00 bits per heavy atom. The molecular formula is C13H26N2O. The van der Waals surface area contributed by atoms with Crippen molar-refractivity contribution in [2.24, 2.45) is 0 Å². The maximum Gasteiger partial charge on any atom is 0.0695 e. The van der Waals surface area contributed by atoms with Crippen LogP contribution in [0.15, 0.2) is 0 Å². The third-order valence-electron chi connectivity index (χ3n) is 4.23. The minimum atomic E-state index is -0.0677. The summed E-state index contributed by atoms with van der Waals surface area (Å²) in [5, 5.41) is 10.1. The summed E-state index contributed by atoms with van der Waals surface area (Å²) >= 11 is 0.